The number of benzene rings is 2. The number of sulfonamides is 1. The number of piperazine rings is 1. The minimum atomic E-state index is -3.63. The van der Waals surface area contributed by atoms with Gasteiger partial charge in [0.05, 0.1) is 20.7 Å². The van der Waals surface area contributed by atoms with Gasteiger partial charge in [0.25, 0.3) is 5.91 Å². The predicted octanol–water partition coefficient (Wildman–Crippen LogP) is 2.76. The zero-order valence-corrected chi connectivity index (χ0v) is 17.6. The standard InChI is InChI=1S/C19H18F2N4O3S2/c1-24-6-8-25(9-7-24)30(27,28)13-3-5-16-17(11-13)29-19(22-16)23-18(26)14-4-2-12(20)10-15(14)21/h2-5,10-11H,6-9H2,1H3,(H,22,23,26). The van der Waals surface area contributed by atoms with Crippen molar-refractivity contribution in [3.8, 4) is 0 Å². The van der Waals surface area contributed by atoms with Crippen LogP contribution in [-0.4, -0.2) is 61.7 Å². The number of aromatic nitrogens is 1. The second-order valence-corrected chi connectivity index (χ2v) is 9.90. The number of halogens is 2. The van der Waals surface area contributed by atoms with Crippen molar-refractivity contribution in [1.82, 2.24) is 14.2 Å². The molecule has 2 aromatic carbocycles. The Balaban J connectivity index is 1.57. The minimum Gasteiger partial charge on any atom is -0.304 e. The van der Waals surface area contributed by atoms with Crippen molar-refractivity contribution in [3.63, 3.8) is 0 Å². The van der Waals surface area contributed by atoms with Crippen LogP contribution in [0, 0.1) is 11.6 Å². The summed E-state index contributed by atoms with van der Waals surface area (Å²) < 4.78 is 54.7. The summed E-state index contributed by atoms with van der Waals surface area (Å²) >= 11 is 1.08. The fraction of sp³-hybridized carbons (Fsp3) is 0.263. The van der Waals surface area contributed by atoms with E-state index < -0.39 is 27.6 Å². The van der Waals surface area contributed by atoms with Crippen molar-refractivity contribution in [2.45, 2.75) is 4.90 Å². The maximum atomic E-state index is 13.8. The Hall–Kier alpha value is -2.47. The molecule has 0 aliphatic carbocycles. The molecule has 1 N–H and O–H groups in total. The number of nitrogens with one attached hydrogen (secondary N) is 1. The van der Waals surface area contributed by atoms with Gasteiger partial charge in [-0.3, -0.25) is 10.1 Å². The fourth-order valence-corrected chi connectivity index (χ4v) is 5.56. The molecule has 7 nitrogen and oxygen atoms in total. The first-order valence-corrected chi connectivity index (χ1v) is 11.4. The molecular formula is C19H18F2N4O3S2. The number of carbonyl (C=O) groups excluding carboxylic acids is 1. The van der Waals surface area contributed by atoms with Crippen LogP contribution in [0.1, 0.15) is 10.4 Å². The number of hydrogen-bond donors (Lipinski definition) is 1. The van der Waals surface area contributed by atoms with Crippen LogP contribution < -0.4 is 5.32 Å². The molecule has 3 aromatic rings. The van der Waals surface area contributed by atoms with E-state index in [0.29, 0.717) is 42.5 Å². The molecule has 11 heteroatoms. The lowest BCUT2D eigenvalue weighted by molar-refractivity contribution is 0.102. The monoisotopic (exact) mass is 452 g/mol. The average Bonchev–Trinajstić information content (AvgIpc) is 3.09. The number of thiazole rings is 1. The van der Waals surface area contributed by atoms with Gasteiger partial charge in [0.1, 0.15) is 11.6 Å². The number of hydrogen-bond acceptors (Lipinski definition) is 6. The quantitative estimate of drug-likeness (QED) is 0.658. The first kappa shape index (κ1) is 20.8. The van der Waals surface area contributed by atoms with Crippen molar-refractivity contribution in [1.29, 1.82) is 0 Å². The van der Waals surface area contributed by atoms with E-state index in [1.54, 1.807) is 6.07 Å². The molecule has 0 radical (unpaired) electrons. The van der Waals surface area contributed by atoms with E-state index in [-0.39, 0.29) is 15.6 Å². The largest absolute Gasteiger partial charge is 0.304 e. The molecule has 0 atom stereocenters. The summed E-state index contributed by atoms with van der Waals surface area (Å²) in [7, 11) is -1.68. The Bertz CT molecular complexity index is 1220. The lowest BCUT2D eigenvalue weighted by Crippen LogP contribution is -2.46. The zero-order valence-electron chi connectivity index (χ0n) is 15.9. The van der Waals surface area contributed by atoms with Crippen molar-refractivity contribution in [2.75, 3.05) is 38.5 Å². The maximum Gasteiger partial charge on any atom is 0.260 e. The summed E-state index contributed by atoms with van der Waals surface area (Å²) in [5.74, 6) is -2.52. The SMILES string of the molecule is CN1CCN(S(=O)(=O)c2ccc3nc(NC(=O)c4ccc(F)cc4F)sc3c2)CC1. The van der Waals surface area contributed by atoms with Crippen LogP contribution in [0.3, 0.4) is 0 Å². The molecule has 0 spiro atoms. The Morgan fingerprint density at radius 1 is 1.10 bits per heavy atom. The zero-order chi connectivity index (χ0) is 21.5. The summed E-state index contributed by atoms with van der Waals surface area (Å²) in [6.45, 7) is 2.17. The molecule has 0 saturated carbocycles. The Kier molecular flexibility index (Phi) is 5.53. The highest BCUT2D eigenvalue weighted by atomic mass is 32.2. The van der Waals surface area contributed by atoms with Gasteiger partial charge < -0.3 is 4.90 Å². The second kappa shape index (κ2) is 7.99. The third-order valence-electron chi connectivity index (χ3n) is 4.86. The predicted molar refractivity (Wildman–Crippen MR) is 110 cm³/mol. The van der Waals surface area contributed by atoms with E-state index in [0.717, 1.165) is 23.5 Å². The van der Waals surface area contributed by atoms with Crippen molar-refractivity contribution >= 4 is 42.6 Å². The molecule has 2 heterocycles. The summed E-state index contributed by atoms with van der Waals surface area (Å²) in [6.07, 6.45) is 0. The number of rotatable bonds is 4. The van der Waals surface area contributed by atoms with E-state index in [2.05, 4.69) is 15.2 Å². The van der Waals surface area contributed by atoms with E-state index >= 15 is 0 Å². The fourth-order valence-electron chi connectivity index (χ4n) is 3.13. The summed E-state index contributed by atoms with van der Waals surface area (Å²) in [4.78, 5) is 18.7. The van der Waals surface area contributed by atoms with Gasteiger partial charge >= 0.3 is 0 Å². The van der Waals surface area contributed by atoms with Crippen LogP contribution in [0.4, 0.5) is 13.9 Å². The Morgan fingerprint density at radius 3 is 2.53 bits per heavy atom. The lowest BCUT2D eigenvalue weighted by atomic mass is 10.2. The number of fused-ring (bicyclic) bond motifs is 1. The molecule has 1 aromatic heterocycles. The molecule has 1 aliphatic rings. The van der Waals surface area contributed by atoms with Gasteiger partial charge in [-0.25, -0.2) is 22.2 Å². The summed E-state index contributed by atoms with van der Waals surface area (Å²) in [6, 6.07) is 7.25. The normalized spacial score (nSPS) is 16.1. The second-order valence-electron chi connectivity index (χ2n) is 6.93. The molecule has 1 amide bonds. The molecule has 0 bridgehead atoms. The first-order chi connectivity index (χ1) is 14.2. The van der Waals surface area contributed by atoms with Crippen molar-refractivity contribution in [3.05, 3.63) is 53.6 Å². The smallest absolute Gasteiger partial charge is 0.260 e. The molecule has 1 fully saturated rings. The average molecular weight is 453 g/mol. The third-order valence-corrected chi connectivity index (χ3v) is 7.68. The van der Waals surface area contributed by atoms with Crippen LogP contribution in [0.2, 0.25) is 0 Å². The molecule has 0 unspecified atom stereocenters. The van der Waals surface area contributed by atoms with Gasteiger partial charge in [-0.2, -0.15) is 4.31 Å². The molecule has 1 aliphatic heterocycles. The third kappa shape index (κ3) is 4.06. The summed E-state index contributed by atoms with van der Waals surface area (Å²) in [5, 5.41) is 2.66. The van der Waals surface area contributed by atoms with Crippen molar-refractivity contribution in [2.24, 2.45) is 0 Å². The van der Waals surface area contributed by atoms with Crippen LogP contribution >= 0.6 is 11.3 Å². The number of likely N-dealkylation sites (N-methyl/N-ethyl adjacent to an activating group) is 1. The first-order valence-electron chi connectivity index (χ1n) is 9.10. The highest BCUT2D eigenvalue weighted by molar-refractivity contribution is 7.89. The number of nitrogens with zero attached hydrogens (tertiary/aromatic N) is 3. The number of carbonyl (C=O) groups is 1. The van der Waals surface area contributed by atoms with Crippen molar-refractivity contribution < 1.29 is 22.0 Å². The maximum absolute atomic E-state index is 13.8. The lowest BCUT2D eigenvalue weighted by Gasteiger charge is -2.31. The van der Waals surface area contributed by atoms with Gasteiger partial charge in [0.2, 0.25) is 10.0 Å². The highest BCUT2D eigenvalue weighted by Crippen LogP contribution is 2.30. The van der Waals surface area contributed by atoms with Gasteiger partial charge in [-0.1, -0.05) is 11.3 Å². The molecule has 158 valence electrons. The van der Waals surface area contributed by atoms with Crippen LogP contribution in [-0.2, 0) is 10.0 Å². The van der Waals surface area contributed by atoms with Gasteiger partial charge in [0.15, 0.2) is 5.13 Å². The molecule has 30 heavy (non-hydrogen) atoms. The summed E-state index contributed by atoms with van der Waals surface area (Å²) in [5.41, 5.74) is 0.196. The topological polar surface area (TPSA) is 82.6 Å². The Morgan fingerprint density at radius 2 is 1.83 bits per heavy atom. The van der Waals surface area contributed by atoms with Crippen LogP contribution in [0.25, 0.3) is 10.2 Å². The van der Waals surface area contributed by atoms with Gasteiger partial charge in [-0.15, -0.1) is 0 Å². The van der Waals surface area contributed by atoms with Crippen LogP contribution in [0.15, 0.2) is 41.3 Å². The van der Waals surface area contributed by atoms with E-state index in [4.69, 9.17) is 0 Å². The Labute approximate surface area is 176 Å². The number of amides is 1. The molecule has 1 saturated heterocycles. The van der Waals surface area contributed by atoms with E-state index in [1.807, 2.05) is 7.05 Å². The molecule has 4 rings (SSSR count). The van der Waals surface area contributed by atoms with E-state index in [9.17, 15) is 22.0 Å². The van der Waals surface area contributed by atoms with E-state index in [1.165, 1.54) is 16.4 Å². The highest BCUT2D eigenvalue weighted by Gasteiger charge is 2.28. The molecular weight excluding hydrogens is 434 g/mol. The number of anilines is 1. The van der Waals surface area contributed by atoms with Crippen LogP contribution in [0.5, 0.6) is 0 Å². The van der Waals surface area contributed by atoms with Gasteiger partial charge in [-0.05, 0) is 37.4 Å². The van der Waals surface area contributed by atoms with Gasteiger partial charge in [0, 0.05) is 32.2 Å². The minimum absolute atomic E-state index is 0.158.